The molecule has 0 aliphatic heterocycles. The Hall–Kier alpha value is -3.95. The molecule has 2 bridgehead atoms. The van der Waals surface area contributed by atoms with Gasteiger partial charge < -0.3 is 4.74 Å². The molecule has 10 nitrogen and oxygen atoms in total. The third-order valence-corrected chi connectivity index (χ3v) is 7.99. The Morgan fingerprint density at radius 1 is 1.13 bits per heavy atom. The van der Waals surface area contributed by atoms with Crippen LogP contribution < -0.4 is 11.2 Å². The Bertz CT molecular complexity index is 1660. The topological polar surface area (TPSA) is 106 Å². The highest BCUT2D eigenvalue weighted by Crippen LogP contribution is 2.64. The highest BCUT2D eigenvalue weighted by atomic mass is 16.5. The largest absolute Gasteiger partial charge is 0.443 e. The molecule has 3 aliphatic carbocycles. The minimum absolute atomic E-state index is 0.149. The van der Waals surface area contributed by atoms with E-state index in [0.29, 0.717) is 43.4 Å². The van der Waals surface area contributed by atoms with Crippen LogP contribution in [0, 0.1) is 18.3 Å². The predicted molar refractivity (Wildman–Crippen MR) is 142 cm³/mol. The van der Waals surface area contributed by atoms with E-state index in [4.69, 9.17) is 9.72 Å². The molecule has 0 spiro atoms. The molecule has 0 radical (unpaired) electrons. The van der Waals surface area contributed by atoms with Crippen molar-refractivity contribution in [3.63, 3.8) is 0 Å². The smallest absolute Gasteiger partial charge is 0.332 e. The van der Waals surface area contributed by atoms with Crippen molar-refractivity contribution >= 4 is 17.1 Å². The summed E-state index contributed by atoms with van der Waals surface area (Å²) < 4.78 is 12.0. The lowest BCUT2D eigenvalue weighted by molar-refractivity contribution is -0.194. The predicted octanol–water partition coefficient (Wildman–Crippen LogP) is 3.31. The molecule has 3 fully saturated rings. The van der Waals surface area contributed by atoms with E-state index in [9.17, 15) is 14.4 Å². The minimum Gasteiger partial charge on any atom is -0.443 e. The van der Waals surface area contributed by atoms with Crippen LogP contribution in [0.2, 0.25) is 0 Å². The summed E-state index contributed by atoms with van der Waals surface area (Å²) in [4.78, 5) is 44.4. The SMILES string of the molecule is CCCn1c(=O)c2c(nc(-c3cnn(Cc4cccc(C)c4)c3)n2COC(=O)C23CC(C2)C3)n(CC)c1=O. The van der Waals surface area contributed by atoms with Crippen LogP contribution in [0.25, 0.3) is 22.6 Å². The minimum atomic E-state index is -0.427. The lowest BCUT2D eigenvalue weighted by Crippen LogP contribution is -2.57. The van der Waals surface area contributed by atoms with Crippen LogP contribution in [0.3, 0.4) is 0 Å². The van der Waals surface area contributed by atoms with Crippen LogP contribution in [0.15, 0.2) is 46.2 Å². The molecule has 1 aromatic carbocycles. The van der Waals surface area contributed by atoms with Gasteiger partial charge in [0.15, 0.2) is 17.9 Å². The molecular formula is C28H32N6O4. The number of aryl methyl sites for hydroxylation is 2. The van der Waals surface area contributed by atoms with Crippen LogP contribution >= 0.6 is 0 Å². The molecule has 4 aromatic rings. The third kappa shape index (κ3) is 3.81. The van der Waals surface area contributed by atoms with Gasteiger partial charge in [-0.25, -0.2) is 9.78 Å². The van der Waals surface area contributed by atoms with Gasteiger partial charge in [-0.15, -0.1) is 0 Å². The number of aromatic nitrogens is 6. The van der Waals surface area contributed by atoms with E-state index >= 15 is 0 Å². The second-order valence-electron chi connectivity index (χ2n) is 10.8. The first-order valence-electron chi connectivity index (χ1n) is 13.3. The number of rotatable bonds is 9. The van der Waals surface area contributed by atoms with Gasteiger partial charge in [-0.05, 0) is 51.0 Å². The fourth-order valence-electron chi connectivity index (χ4n) is 5.91. The van der Waals surface area contributed by atoms with E-state index in [1.165, 1.54) is 14.7 Å². The molecule has 0 unspecified atom stereocenters. The summed E-state index contributed by atoms with van der Waals surface area (Å²) in [6, 6.07) is 8.22. The number of imidazole rings is 1. The molecule has 198 valence electrons. The molecule has 7 rings (SSSR count). The third-order valence-electron chi connectivity index (χ3n) is 7.99. The van der Waals surface area contributed by atoms with E-state index in [-0.39, 0.29) is 35.0 Å². The number of carbonyl (C=O) groups excluding carboxylic acids is 1. The maximum atomic E-state index is 13.6. The summed E-state index contributed by atoms with van der Waals surface area (Å²) in [6.07, 6.45) is 6.84. The molecule has 3 aliphatic rings. The van der Waals surface area contributed by atoms with E-state index in [0.717, 1.165) is 24.8 Å². The molecule has 0 atom stereocenters. The van der Waals surface area contributed by atoms with Crippen LogP contribution in [0.5, 0.6) is 0 Å². The molecule has 3 aromatic heterocycles. The summed E-state index contributed by atoms with van der Waals surface area (Å²) in [5.74, 6) is 0.862. The van der Waals surface area contributed by atoms with Crippen LogP contribution in [0.1, 0.15) is 50.7 Å². The number of hydrogen-bond donors (Lipinski definition) is 0. The first-order chi connectivity index (χ1) is 18.3. The number of hydrogen-bond acceptors (Lipinski definition) is 6. The van der Waals surface area contributed by atoms with E-state index in [1.807, 2.05) is 49.8 Å². The fraction of sp³-hybridized carbons (Fsp3) is 0.464. The zero-order valence-electron chi connectivity index (χ0n) is 22.0. The zero-order valence-corrected chi connectivity index (χ0v) is 22.0. The van der Waals surface area contributed by atoms with Crippen LogP contribution in [-0.2, 0) is 35.9 Å². The highest BCUT2D eigenvalue weighted by molar-refractivity contribution is 5.81. The number of esters is 1. The fourth-order valence-corrected chi connectivity index (χ4v) is 5.91. The summed E-state index contributed by atoms with van der Waals surface area (Å²) in [6.45, 7) is 6.89. The molecule has 0 N–H and O–H groups in total. The van der Waals surface area contributed by atoms with Gasteiger partial charge in [0.25, 0.3) is 5.56 Å². The highest BCUT2D eigenvalue weighted by Gasteiger charge is 2.62. The van der Waals surface area contributed by atoms with Crippen molar-refractivity contribution in [3.8, 4) is 11.4 Å². The lowest BCUT2D eigenvalue weighted by Gasteiger charge is -2.59. The Labute approximate surface area is 219 Å². The van der Waals surface area contributed by atoms with Gasteiger partial charge in [-0.1, -0.05) is 36.8 Å². The maximum Gasteiger partial charge on any atom is 0.332 e. The van der Waals surface area contributed by atoms with E-state index < -0.39 is 5.56 Å². The number of carbonyl (C=O) groups is 1. The summed E-state index contributed by atoms with van der Waals surface area (Å²) in [5, 5.41) is 4.53. The number of ether oxygens (including phenoxy) is 1. The van der Waals surface area contributed by atoms with Gasteiger partial charge in [0.05, 0.1) is 23.7 Å². The Morgan fingerprint density at radius 2 is 1.92 bits per heavy atom. The standard InChI is InChI=1S/C28H32N6O4/c1-4-9-33-25(35)22-24(32(5-2)27(33)37)30-23(34(22)17-38-26(36)28-11-20(12-28)13-28)21-14-29-31(16-21)15-19-8-6-7-18(3)10-19/h6-8,10,14,16,20H,4-5,9,11-13,15,17H2,1-3H3. The molecule has 0 saturated heterocycles. The van der Waals surface area contributed by atoms with Gasteiger partial charge in [0.1, 0.15) is 5.82 Å². The summed E-state index contributed by atoms with van der Waals surface area (Å²) in [7, 11) is 0. The van der Waals surface area contributed by atoms with Gasteiger partial charge in [0, 0.05) is 19.3 Å². The molecule has 3 heterocycles. The van der Waals surface area contributed by atoms with Gasteiger partial charge in [-0.2, -0.15) is 5.10 Å². The normalized spacial score (nSPS) is 19.8. The van der Waals surface area contributed by atoms with Crippen LogP contribution in [0.4, 0.5) is 0 Å². The average Bonchev–Trinajstić information content (AvgIpc) is 3.43. The Morgan fingerprint density at radius 3 is 2.58 bits per heavy atom. The van der Waals surface area contributed by atoms with Crippen molar-refractivity contribution in [2.24, 2.45) is 11.3 Å². The van der Waals surface area contributed by atoms with Crippen molar-refractivity contribution in [2.75, 3.05) is 0 Å². The number of fused-ring (bicyclic) bond motifs is 1. The van der Waals surface area contributed by atoms with Gasteiger partial charge in [0.2, 0.25) is 0 Å². The first-order valence-corrected chi connectivity index (χ1v) is 13.3. The lowest BCUT2D eigenvalue weighted by atomic mass is 9.44. The molecular weight excluding hydrogens is 484 g/mol. The second-order valence-corrected chi connectivity index (χ2v) is 10.8. The van der Waals surface area contributed by atoms with Crippen molar-refractivity contribution in [1.82, 2.24) is 28.5 Å². The number of nitrogens with zero attached hydrogens (tertiary/aromatic N) is 6. The van der Waals surface area contributed by atoms with E-state index in [1.54, 1.807) is 10.8 Å². The van der Waals surface area contributed by atoms with Crippen molar-refractivity contribution in [3.05, 3.63) is 68.6 Å². The monoisotopic (exact) mass is 516 g/mol. The quantitative estimate of drug-likeness (QED) is 0.316. The second kappa shape index (κ2) is 9.11. The first kappa shape index (κ1) is 24.4. The van der Waals surface area contributed by atoms with Crippen molar-refractivity contribution in [1.29, 1.82) is 0 Å². The average molecular weight is 517 g/mol. The van der Waals surface area contributed by atoms with Gasteiger partial charge >= 0.3 is 11.7 Å². The maximum absolute atomic E-state index is 13.6. The summed E-state index contributed by atoms with van der Waals surface area (Å²) in [5.41, 5.74) is 2.34. The van der Waals surface area contributed by atoms with Crippen LogP contribution in [-0.4, -0.2) is 34.4 Å². The Kier molecular flexibility index (Phi) is 5.85. The number of benzene rings is 1. The summed E-state index contributed by atoms with van der Waals surface area (Å²) >= 11 is 0. The zero-order chi connectivity index (χ0) is 26.6. The van der Waals surface area contributed by atoms with Crippen molar-refractivity contribution < 1.29 is 9.53 Å². The molecule has 0 amide bonds. The Balaban J connectivity index is 1.44. The molecule has 10 heteroatoms. The molecule has 3 saturated carbocycles. The van der Waals surface area contributed by atoms with Crippen molar-refractivity contribution in [2.45, 2.75) is 72.8 Å². The molecule has 38 heavy (non-hydrogen) atoms. The van der Waals surface area contributed by atoms with Gasteiger partial charge in [-0.3, -0.25) is 28.0 Å². The van der Waals surface area contributed by atoms with E-state index in [2.05, 4.69) is 11.2 Å².